The molecule has 0 bridgehead atoms. The van der Waals surface area contributed by atoms with E-state index in [1.807, 2.05) is 41.0 Å². The van der Waals surface area contributed by atoms with Gasteiger partial charge >= 0.3 is 0 Å². The first kappa shape index (κ1) is 11.8. The third-order valence-corrected chi connectivity index (χ3v) is 2.98. The van der Waals surface area contributed by atoms with Crippen molar-refractivity contribution in [2.75, 3.05) is 13.7 Å². The van der Waals surface area contributed by atoms with Crippen LogP contribution in [0, 0.1) is 0 Å². The van der Waals surface area contributed by atoms with Crippen LogP contribution < -0.4 is 0 Å². The zero-order valence-electron chi connectivity index (χ0n) is 10.7. The topological polar surface area (TPSA) is 52.8 Å². The van der Waals surface area contributed by atoms with Gasteiger partial charge in [-0.15, -0.1) is 10.2 Å². The molecule has 5 heteroatoms. The molecule has 0 saturated heterocycles. The van der Waals surface area contributed by atoms with Crippen LogP contribution in [0.5, 0.6) is 0 Å². The van der Waals surface area contributed by atoms with Crippen molar-refractivity contribution in [1.82, 2.24) is 19.7 Å². The summed E-state index contributed by atoms with van der Waals surface area (Å²) in [7, 11) is 1.68. The molecule has 2 heterocycles. The van der Waals surface area contributed by atoms with Crippen LogP contribution in [0.25, 0.3) is 22.4 Å². The van der Waals surface area contributed by atoms with Gasteiger partial charge in [-0.3, -0.25) is 0 Å². The van der Waals surface area contributed by atoms with Gasteiger partial charge in [0.15, 0.2) is 5.82 Å². The fourth-order valence-corrected chi connectivity index (χ4v) is 2.00. The molecule has 0 atom stereocenters. The molecule has 0 aliphatic rings. The molecule has 3 rings (SSSR count). The number of para-hydroxylation sites is 1. The lowest BCUT2D eigenvalue weighted by Gasteiger charge is -2.06. The van der Waals surface area contributed by atoms with E-state index in [1.54, 1.807) is 13.4 Å². The van der Waals surface area contributed by atoms with Crippen LogP contribution in [0.2, 0.25) is 0 Å². The minimum Gasteiger partial charge on any atom is -0.383 e. The number of hydrogen-bond acceptors (Lipinski definition) is 4. The second-order valence-electron chi connectivity index (χ2n) is 4.23. The zero-order valence-corrected chi connectivity index (χ0v) is 10.7. The Balaban J connectivity index is 2.01. The van der Waals surface area contributed by atoms with Crippen LogP contribution in [-0.4, -0.2) is 33.5 Å². The molecule has 0 spiro atoms. The predicted octanol–water partition coefficient (Wildman–Crippen LogP) is 2.14. The summed E-state index contributed by atoms with van der Waals surface area (Å²) in [6, 6.07) is 12.0. The molecule has 2 aromatic heterocycles. The summed E-state index contributed by atoms with van der Waals surface area (Å²) in [5.74, 6) is 0.766. The van der Waals surface area contributed by atoms with E-state index in [-0.39, 0.29) is 0 Å². The summed E-state index contributed by atoms with van der Waals surface area (Å²) in [6.45, 7) is 1.34. The van der Waals surface area contributed by atoms with Crippen molar-refractivity contribution in [3.63, 3.8) is 0 Å². The Morgan fingerprint density at radius 2 is 2.05 bits per heavy atom. The summed E-state index contributed by atoms with van der Waals surface area (Å²) >= 11 is 0. The zero-order chi connectivity index (χ0) is 13.1. The highest BCUT2D eigenvalue weighted by Crippen LogP contribution is 2.18. The monoisotopic (exact) mass is 254 g/mol. The van der Waals surface area contributed by atoms with Gasteiger partial charge in [-0.2, -0.15) is 0 Å². The van der Waals surface area contributed by atoms with Gasteiger partial charge < -0.3 is 9.30 Å². The summed E-state index contributed by atoms with van der Waals surface area (Å²) in [4.78, 5) is 4.62. The molecule has 0 unspecified atom stereocenters. The van der Waals surface area contributed by atoms with Gasteiger partial charge in [0.1, 0.15) is 12.0 Å². The van der Waals surface area contributed by atoms with Crippen LogP contribution in [0.15, 0.2) is 42.7 Å². The van der Waals surface area contributed by atoms with E-state index in [0.717, 1.165) is 22.4 Å². The molecule has 0 amide bonds. The fourth-order valence-electron chi connectivity index (χ4n) is 2.00. The average Bonchev–Trinajstić information content (AvgIpc) is 2.93. The lowest BCUT2D eigenvalue weighted by Crippen LogP contribution is -2.05. The molecule has 0 radical (unpaired) electrons. The van der Waals surface area contributed by atoms with Crippen LogP contribution in [0.3, 0.4) is 0 Å². The summed E-state index contributed by atoms with van der Waals surface area (Å²) in [5.41, 5.74) is 1.79. The van der Waals surface area contributed by atoms with E-state index in [4.69, 9.17) is 4.74 Å². The van der Waals surface area contributed by atoms with Crippen molar-refractivity contribution in [2.24, 2.45) is 0 Å². The van der Waals surface area contributed by atoms with Gasteiger partial charge in [0, 0.05) is 19.0 Å². The Hall–Kier alpha value is -2.27. The Labute approximate surface area is 110 Å². The maximum atomic E-state index is 5.08. The molecule has 96 valence electrons. The van der Waals surface area contributed by atoms with Gasteiger partial charge in [0.25, 0.3) is 0 Å². The van der Waals surface area contributed by atoms with Gasteiger partial charge in [-0.1, -0.05) is 24.3 Å². The van der Waals surface area contributed by atoms with Crippen molar-refractivity contribution in [1.29, 1.82) is 0 Å². The van der Waals surface area contributed by atoms with Crippen molar-refractivity contribution >= 4 is 10.9 Å². The SMILES string of the molecule is COCCn1cnnc1-c1ccc2ccccc2n1. The minimum atomic E-state index is 0.624. The second-order valence-corrected chi connectivity index (χ2v) is 4.23. The van der Waals surface area contributed by atoms with Gasteiger partial charge in [0.05, 0.1) is 12.1 Å². The van der Waals surface area contributed by atoms with Crippen LogP contribution in [-0.2, 0) is 11.3 Å². The summed E-state index contributed by atoms with van der Waals surface area (Å²) in [6.07, 6.45) is 1.70. The third-order valence-electron chi connectivity index (χ3n) is 2.98. The molecule has 5 nitrogen and oxygen atoms in total. The van der Waals surface area contributed by atoms with E-state index >= 15 is 0 Å². The molecule has 0 aliphatic carbocycles. The quantitative estimate of drug-likeness (QED) is 0.715. The number of rotatable bonds is 4. The maximum absolute atomic E-state index is 5.08. The molecular weight excluding hydrogens is 240 g/mol. The van der Waals surface area contributed by atoms with Crippen LogP contribution in [0.4, 0.5) is 0 Å². The van der Waals surface area contributed by atoms with Gasteiger partial charge in [0.2, 0.25) is 0 Å². The molecule has 3 aromatic rings. The molecule has 0 fully saturated rings. The molecule has 0 saturated carbocycles. The van der Waals surface area contributed by atoms with Crippen molar-refractivity contribution in [3.8, 4) is 11.5 Å². The Morgan fingerprint density at radius 3 is 2.95 bits per heavy atom. The first-order valence-corrected chi connectivity index (χ1v) is 6.11. The molecule has 19 heavy (non-hydrogen) atoms. The van der Waals surface area contributed by atoms with Crippen molar-refractivity contribution in [3.05, 3.63) is 42.7 Å². The predicted molar refractivity (Wildman–Crippen MR) is 72.6 cm³/mol. The number of fused-ring (bicyclic) bond motifs is 1. The lowest BCUT2D eigenvalue weighted by atomic mass is 10.2. The molecule has 0 aliphatic heterocycles. The summed E-state index contributed by atoms with van der Waals surface area (Å²) in [5, 5.41) is 9.21. The highest BCUT2D eigenvalue weighted by atomic mass is 16.5. The Morgan fingerprint density at radius 1 is 1.16 bits per heavy atom. The van der Waals surface area contributed by atoms with Crippen LogP contribution >= 0.6 is 0 Å². The number of benzene rings is 1. The lowest BCUT2D eigenvalue weighted by molar-refractivity contribution is 0.187. The van der Waals surface area contributed by atoms with E-state index in [2.05, 4.69) is 15.2 Å². The Bertz CT molecular complexity index is 692. The number of aromatic nitrogens is 4. The fraction of sp³-hybridized carbons (Fsp3) is 0.214. The van der Waals surface area contributed by atoms with Crippen LogP contribution in [0.1, 0.15) is 0 Å². The maximum Gasteiger partial charge on any atom is 0.182 e. The second kappa shape index (κ2) is 5.16. The number of nitrogens with zero attached hydrogens (tertiary/aromatic N) is 4. The van der Waals surface area contributed by atoms with E-state index in [9.17, 15) is 0 Å². The standard InChI is InChI=1S/C14H14N4O/c1-19-9-8-18-10-15-17-14(18)13-7-6-11-4-2-3-5-12(11)16-13/h2-7,10H,8-9H2,1H3. The number of pyridine rings is 1. The number of hydrogen-bond donors (Lipinski definition) is 0. The molecule has 1 aromatic carbocycles. The largest absolute Gasteiger partial charge is 0.383 e. The first-order valence-electron chi connectivity index (χ1n) is 6.11. The Kier molecular flexibility index (Phi) is 3.20. The number of methoxy groups -OCH3 is 1. The smallest absolute Gasteiger partial charge is 0.182 e. The van der Waals surface area contributed by atoms with Crippen molar-refractivity contribution < 1.29 is 4.74 Å². The minimum absolute atomic E-state index is 0.624. The van der Waals surface area contributed by atoms with Gasteiger partial charge in [-0.05, 0) is 12.1 Å². The van der Waals surface area contributed by atoms with Gasteiger partial charge in [-0.25, -0.2) is 4.98 Å². The molecular formula is C14H14N4O. The van der Waals surface area contributed by atoms with E-state index in [0.29, 0.717) is 13.2 Å². The van der Waals surface area contributed by atoms with Crippen molar-refractivity contribution in [2.45, 2.75) is 6.54 Å². The molecule has 0 N–H and O–H groups in total. The first-order chi connectivity index (χ1) is 9.38. The average molecular weight is 254 g/mol. The summed E-state index contributed by atoms with van der Waals surface area (Å²) < 4.78 is 7.02. The van der Waals surface area contributed by atoms with E-state index < -0.39 is 0 Å². The van der Waals surface area contributed by atoms with E-state index in [1.165, 1.54) is 0 Å². The number of ether oxygens (including phenoxy) is 1. The highest BCUT2D eigenvalue weighted by molar-refractivity contribution is 5.80. The highest BCUT2D eigenvalue weighted by Gasteiger charge is 2.09. The third kappa shape index (κ3) is 2.32. The normalized spacial score (nSPS) is 11.0.